The molecule has 0 heterocycles. The van der Waals surface area contributed by atoms with E-state index < -0.39 is 33.7 Å². The third-order valence-electron chi connectivity index (χ3n) is 2.31. The summed E-state index contributed by atoms with van der Waals surface area (Å²) in [6, 6.07) is 1.40. The predicted octanol–water partition coefficient (Wildman–Crippen LogP) is 2.36. The number of amides is 1. The number of rotatable bonds is 6. The van der Waals surface area contributed by atoms with Crippen LogP contribution in [0.2, 0.25) is 0 Å². The molecule has 0 aliphatic rings. The van der Waals surface area contributed by atoms with Gasteiger partial charge in [0.25, 0.3) is 5.91 Å². The smallest absolute Gasteiger partial charge is 0.305 e. The first-order valence-electron chi connectivity index (χ1n) is 5.38. The highest BCUT2D eigenvalue weighted by atomic mass is 32.2. The zero-order chi connectivity index (χ0) is 14.4. The second-order valence-corrected chi connectivity index (χ2v) is 4.60. The van der Waals surface area contributed by atoms with Gasteiger partial charge in [0.05, 0.1) is 4.92 Å². The SMILES string of the molecule is CSCCCNC(=O)c1c(F)ccc([N+](=O)[O-])c1F. The fourth-order valence-electron chi connectivity index (χ4n) is 1.40. The quantitative estimate of drug-likeness (QED) is 0.496. The van der Waals surface area contributed by atoms with Crippen LogP contribution in [-0.2, 0) is 0 Å². The molecule has 0 saturated heterocycles. The number of nitro benzene ring substituents is 1. The van der Waals surface area contributed by atoms with Crippen molar-refractivity contribution in [2.75, 3.05) is 18.6 Å². The van der Waals surface area contributed by atoms with Crippen LogP contribution in [0.1, 0.15) is 16.8 Å². The van der Waals surface area contributed by atoms with Gasteiger partial charge >= 0.3 is 5.69 Å². The zero-order valence-electron chi connectivity index (χ0n) is 10.1. The number of benzene rings is 1. The molecule has 8 heteroatoms. The lowest BCUT2D eigenvalue weighted by molar-refractivity contribution is -0.387. The molecule has 0 fully saturated rings. The van der Waals surface area contributed by atoms with Gasteiger partial charge in [-0.3, -0.25) is 14.9 Å². The van der Waals surface area contributed by atoms with E-state index in [1.807, 2.05) is 6.26 Å². The van der Waals surface area contributed by atoms with Crippen LogP contribution in [-0.4, -0.2) is 29.4 Å². The number of nitro groups is 1. The normalized spacial score (nSPS) is 10.3. The monoisotopic (exact) mass is 290 g/mol. The van der Waals surface area contributed by atoms with E-state index in [9.17, 15) is 23.7 Å². The highest BCUT2D eigenvalue weighted by Gasteiger charge is 2.25. The summed E-state index contributed by atoms with van der Waals surface area (Å²) in [6.45, 7) is 0.251. The van der Waals surface area contributed by atoms with Gasteiger partial charge in [-0.15, -0.1) is 0 Å². The minimum Gasteiger partial charge on any atom is -0.352 e. The first-order valence-corrected chi connectivity index (χ1v) is 6.78. The van der Waals surface area contributed by atoms with Gasteiger partial charge in [-0.25, -0.2) is 4.39 Å². The van der Waals surface area contributed by atoms with E-state index in [1.165, 1.54) is 0 Å². The van der Waals surface area contributed by atoms with E-state index >= 15 is 0 Å². The first kappa shape index (κ1) is 15.4. The molecule has 0 aliphatic carbocycles. The molecule has 5 nitrogen and oxygen atoms in total. The molecule has 1 aromatic rings. The zero-order valence-corrected chi connectivity index (χ0v) is 10.9. The van der Waals surface area contributed by atoms with Gasteiger partial charge in [0.15, 0.2) is 0 Å². The third kappa shape index (κ3) is 3.88. The molecular formula is C11H12F2N2O3S. The second-order valence-electron chi connectivity index (χ2n) is 3.61. The molecule has 0 atom stereocenters. The lowest BCUT2D eigenvalue weighted by atomic mass is 10.1. The van der Waals surface area contributed by atoms with E-state index in [0.29, 0.717) is 18.6 Å². The summed E-state index contributed by atoms with van der Waals surface area (Å²) in [5.74, 6) is -2.77. The van der Waals surface area contributed by atoms with Crippen molar-refractivity contribution >= 4 is 23.4 Å². The van der Waals surface area contributed by atoms with Crippen LogP contribution in [0.15, 0.2) is 12.1 Å². The van der Waals surface area contributed by atoms with Crippen LogP contribution in [0.5, 0.6) is 0 Å². The molecule has 1 rings (SSSR count). The number of hydrogen-bond donors (Lipinski definition) is 1. The van der Waals surface area contributed by atoms with Gasteiger partial charge < -0.3 is 5.32 Å². The summed E-state index contributed by atoms with van der Waals surface area (Å²) >= 11 is 1.57. The van der Waals surface area contributed by atoms with Gasteiger partial charge in [0.2, 0.25) is 5.82 Å². The summed E-state index contributed by atoms with van der Waals surface area (Å²) in [5, 5.41) is 12.8. The third-order valence-corrected chi connectivity index (χ3v) is 3.00. The number of halogens is 2. The number of carbonyl (C=O) groups excluding carboxylic acids is 1. The fourth-order valence-corrected chi connectivity index (χ4v) is 1.83. The van der Waals surface area contributed by atoms with Crippen LogP contribution in [0.4, 0.5) is 14.5 Å². The molecule has 19 heavy (non-hydrogen) atoms. The van der Waals surface area contributed by atoms with E-state index in [0.717, 1.165) is 5.75 Å². The molecule has 0 unspecified atom stereocenters. The Morgan fingerprint density at radius 3 is 2.74 bits per heavy atom. The number of carbonyl (C=O) groups is 1. The van der Waals surface area contributed by atoms with Crippen LogP contribution >= 0.6 is 11.8 Å². The van der Waals surface area contributed by atoms with Crippen LogP contribution in [0.25, 0.3) is 0 Å². The topological polar surface area (TPSA) is 72.2 Å². The molecule has 0 saturated carbocycles. The minimum atomic E-state index is -1.45. The Hall–Kier alpha value is -1.70. The van der Waals surface area contributed by atoms with Gasteiger partial charge in [-0.05, 0) is 24.5 Å². The molecule has 0 spiro atoms. The van der Waals surface area contributed by atoms with Crippen LogP contribution < -0.4 is 5.32 Å². The number of nitrogens with one attached hydrogen (secondary N) is 1. The molecule has 1 aromatic carbocycles. The van der Waals surface area contributed by atoms with Crippen molar-refractivity contribution in [3.8, 4) is 0 Å². The maximum atomic E-state index is 13.7. The number of hydrogen-bond acceptors (Lipinski definition) is 4. The van der Waals surface area contributed by atoms with Crippen molar-refractivity contribution in [3.63, 3.8) is 0 Å². The summed E-state index contributed by atoms with van der Waals surface area (Å²) in [7, 11) is 0. The van der Waals surface area contributed by atoms with Gasteiger partial charge in [0.1, 0.15) is 11.4 Å². The van der Waals surface area contributed by atoms with E-state index in [1.54, 1.807) is 11.8 Å². The van der Waals surface area contributed by atoms with Gasteiger partial charge in [0, 0.05) is 12.6 Å². The molecule has 0 bridgehead atoms. The summed E-state index contributed by atoms with van der Waals surface area (Å²) < 4.78 is 27.1. The number of thioether (sulfide) groups is 1. The Morgan fingerprint density at radius 1 is 1.47 bits per heavy atom. The van der Waals surface area contributed by atoms with Gasteiger partial charge in [-0.2, -0.15) is 16.2 Å². The minimum absolute atomic E-state index is 0.251. The Bertz CT molecular complexity index is 497. The van der Waals surface area contributed by atoms with Crippen molar-refractivity contribution in [2.24, 2.45) is 0 Å². The van der Waals surface area contributed by atoms with Crippen molar-refractivity contribution in [1.82, 2.24) is 5.32 Å². The number of nitrogens with zero attached hydrogens (tertiary/aromatic N) is 1. The van der Waals surface area contributed by atoms with E-state index in [2.05, 4.69) is 5.32 Å². The molecule has 0 radical (unpaired) electrons. The van der Waals surface area contributed by atoms with E-state index in [4.69, 9.17) is 0 Å². The van der Waals surface area contributed by atoms with Crippen LogP contribution in [0, 0.1) is 21.7 Å². The van der Waals surface area contributed by atoms with Crippen molar-refractivity contribution in [2.45, 2.75) is 6.42 Å². The Kier molecular flexibility index (Phi) is 5.68. The Morgan fingerprint density at radius 2 is 2.16 bits per heavy atom. The maximum absolute atomic E-state index is 13.7. The summed E-state index contributed by atoms with van der Waals surface area (Å²) in [4.78, 5) is 21.1. The van der Waals surface area contributed by atoms with Gasteiger partial charge in [-0.1, -0.05) is 0 Å². The molecular weight excluding hydrogens is 278 g/mol. The maximum Gasteiger partial charge on any atom is 0.305 e. The predicted molar refractivity (Wildman–Crippen MR) is 68.3 cm³/mol. The summed E-state index contributed by atoms with van der Waals surface area (Å²) in [5.41, 5.74) is -1.84. The average molecular weight is 290 g/mol. The van der Waals surface area contributed by atoms with Crippen molar-refractivity contribution in [1.29, 1.82) is 0 Å². The Balaban J connectivity index is 2.90. The molecule has 1 amide bonds. The van der Waals surface area contributed by atoms with Crippen molar-refractivity contribution < 1.29 is 18.5 Å². The lowest BCUT2D eigenvalue weighted by Crippen LogP contribution is -2.27. The standard InChI is InChI=1S/C11H12F2N2O3S/c1-19-6-2-5-14-11(16)9-7(12)3-4-8(10(9)13)15(17)18/h3-4H,2,5-6H2,1H3,(H,14,16). The first-order chi connectivity index (χ1) is 8.99. The molecule has 0 aliphatic heterocycles. The van der Waals surface area contributed by atoms with Crippen molar-refractivity contribution in [3.05, 3.63) is 39.4 Å². The van der Waals surface area contributed by atoms with Crippen LogP contribution in [0.3, 0.4) is 0 Å². The van der Waals surface area contributed by atoms with E-state index in [-0.39, 0.29) is 6.54 Å². The Labute approximate surface area is 112 Å². The largest absolute Gasteiger partial charge is 0.352 e. The fraction of sp³-hybridized carbons (Fsp3) is 0.364. The molecule has 1 N–H and O–H groups in total. The molecule has 0 aromatic heterocycles. The highest BCUT2D eigenvalue weighted by Crippen LogP contribution is 2.22. The second kappa shape index (κ2) is 7.03. The average Bonchev–Trinajstić information content (AvgIpc) is 2.34. The highest BCUT2D eigenvalue weighted by molar-refractivity contribution is 7.98. The molecule has 104 valence electrons. The summed E-state index contributed by atoms with van der Waals surface area (Å²) in [6.07, 6.45) is 2.53. The lowest BCUT2D eigenvalue weighted by Gasteiger charge is -2.06.